The van der Waals surface area contributed by atoms with Crippen molar-refractivity contribution in [1.82, 2.24) is 15.1 Å². The number of piperidine rings is 1. The number of amides is 2. The fourth-order valence-corrected chi connectivity index (χ4v) is 4.65. The van der Waals surface area contributed by atoms with Gasteiger partial charge in [-0.3, -0.25) is 14.5 Å². The summed E-state index contributed by atoms with van der Waals surface area (Å²) in [5.41, 5.74) is 0. The molecule has 1 aliphatic carbocycles. The summed E-state index contributed by atoms with van der Waals surface area (Å²) >= 11 is 0. The van der Waals surface area contributed by atoms with Crippen LogP contribution in [0.2, 0.25) is 0 Å². The van der Waals surface area contributed by atoms with Gasteiger partial charge >= 0.3 is 0 Å². The third-order valence-electron chi connectivity index (χ3n) is 6.43. The maximum absolute atomic E-state index is 12.6. The van der Waals surface area contributed by atoms with E-state index in [1.807, 2.05) is 0 Å². The van der Waals surface area contributed by atoms with Gasteiger partial charge in [0.1, 0.15) is 0 Å². The van der Waals surface area contributed by atoms with Crippen LogP contribution in [-0.4, -0.2) is 74.1 Å². The Morgan fingerprint density at radius 3 is 2.33 bits per heavy atom. The van der Waals surface area contributed by atoms with E-state index in [0.717, 1.165) is 84.6 Å². The molecule has 3 rings (SSSR count). The summed E-state index contributed by atoms with van der Waals surface area (Å²) in [4.78, 5) is 29.3. The van der Waals surface area contributed by atoms with Gasteiger partial charge in [0, 0.05) is 45.1 Å². The first-order chi connectivity index (χ1) is 13.2. The average Bonchev–Trinajstić information content (AvgIpc) is 2.73. The fourth-order valence-electron chi connectivity index (χ4n) is 4.65. The minimum atomic E-state index is 0.175. The molecule has 0 spiro atoms. The lowest BCUT2D eigenvalue weighted by molar-refractivity contribution is -0.138. The maximum Gasteiger partial charge on any atom is 0.225 e. The van der Waals surface area contributed by atoms with Crippen LogP contribution in [-0.2, 0) is 14.3 Å². The summed E-state index contributed by atoms with van der Waals surface area (Å²) < 4.78 is 5.35. The normalized spacial score (nSPS) is 23.3. The smallest absolute Gasteiger partial charge is 0.225 e. The minimum absolute atomic E-state index is 0.175. The number of rotatable bonds is 7. The van der Waals surface area contributed by atoms with Gasteiger partial charge in [0.05, 0.1) is 13.2 Å². The summed E-state index contributed by atoms with van der Waals surface area (Å²) in [6.45, 7) is 7.13. The molecule has 1 N–H and O–H groups in total. The number of nitrogens with zero attached hydrogens (tertiary/aromatic N) is 2. The SMILES string of the molecule is O=C(CC1CCN(C(=O)C2CCCCC2)CC1)NCCCN1CCOCC1. The second kappa shape index (κ2) is 11.0. The highest BCUT2D eigenvalue weighted by Gasteiger charge is 2.29. The monoisotopic (exact) mass is 379 g/mol. The molecule has 154 valence electrons. The minimum Gasteiger partial charge on any atom is -0.379 e. The Morgan fingerprint density at radius 2 is 1.63 bits per heavy atom. The molecule has 0 radical (unpaired) electrons. The van der Waals surface area contributed by atoms with Gasteiger partial charge in [-0.2, -0.15) is 0 Å². The van der Waals surface area contributed by atoms with Crippen LogP contribution in [0.15, 0.2) is 0 Å². The molecule has 2 aliphatic heterocycles. The second-order valence-corrected chi connectivity index (χ2v) is 8.47. The Balaban J connectivity index is 1.26. The highest BCUT2D eigenvalue weighted by molar-refractivity contribution is 5.79. The first-order valence-corrected chi connectivity index (χ1v) is 11.1. The van der Waals surface area contributed by atoms with Crippen LogP contribution in [0, 0.1) is 11.8 Å². The van der Waals surface area contributed by atoms with Gasteiger partial charge in [-0.15, -0.1) is 0 Å². The largest absolute Gasteiger partial charge is 0.379 e. The molecule has 2 heterocycles. The standard InChI is InChI=1S/C21H37N3O3/c25-20(22-9-4-10-23-13-15-27-16-14-23)17-18-7-11-24(12-8-18)21(26)19-5-2-1-3-6-19/h18-19H,1-17H2,(H,22,25). The third kappa shape index (κ3) is 6.75. The van der Waals surface area contributed by atoms with Crippen molar-refractivity contribution in [2.75, 3.05) is 52.5 Å². The second-order valence-electron chi connectivity index (χ2n) is 8.47. The van der Waals surface area contributed by atoms with Crippen molar-refractivity contribution in [3.63, 3.8) is 0 Å². The third-order valence-corrected chi connectivity index (χ3v) is 6.43. The van der Waals surface area contributed by atoms with Crippen molar-refractivity contribution >= 4 is 11.8 Å². The molecule has 6 heteroatoms. The van der Waals surface area contributed by atoms with Gasteiger partial charge in [-0.05, 0) is 44.6 Å². The molecular weight excluding hydrogens is 342 g/mol. The summed E-state index contributed by atoms with van der Waals surface area (Å²) in [5.74, 6) is 1.25. The molecule has 3 aliphatic rings. The fraction of sp³-hybridized carbons (Fsp3) is 0.905. The average molecular weight is 380 g/mol. The van der Waals surface area contributed by atoms with Crippen LogP contribution in [0.4, 0.5) is 0 Å². The molecule has 0 aromatic carbocycles. The molecular formula is C21H37N3O3. The van der Waals surface area contributed by atoms with Gasteiger partial charge < -0.3 is 15.0 Å². The molecule has 27 heavy (non-hydrogen) atoms. The van der Waals surface area contributed by atoms with Crippen LogP contribution in [0.1, 0.15) is 57.8 Å². The Kier molecular flexibility index (Phi) is 8.39. The molecule has 0 unspecified atom stereocenters. The first-order valence-electron chi connectivity index (χ1n) is 11.1. The molecule has 0 aromatic rings. The van der Waals surface area contributed by atoms with E-state index >= 15 is 0 Å². The Labute approximate surface area is 164 Å². The van der Waals surface area contributed by atoms with Crippen LogP contribution in [0.5, 0.6) is 0 Å². The number of hydrogen-bond donors (Lipinski definition) is 1. The quantitative estimate of drug-likeness (QED) is 0.688. The summed E-state index contributed by atoms with van der Waals surface area (Å²) in [7, 11) is 0. The number of likely N-dealkylation sites (tertiary alicyclic amines) is 1. The summed E-state index contributed by atoms with van der Waals surface area (Å²) in [6.07, 6.45) is 9.41. The lowest BCUT2D eigenvalue weighted by Crippen LogP contribution is -2.43. The highest BCUT2D eigenvalue weighted by Crippen LogP contribution is 2.28. The molecule has 1 saturated carbocycles. The van der Waals surface area contributed by atoms with Crippen molar-refractivity contribution in [3.8, 4) is 0 Å². The molecule has 2 amide bonds. The summed E-state index contributed by atoms with van der Waals surface area (Å²) in [6, 6.07) is 0. The van der Waals surface area contributed by atoms with Gasteiger partial charge in [0.25, 0.3) is 0 Å². The van der Waals surface area contributed by atoms with Gasteiger partial charge in [-0.1, -0.05) is 19.3 Å². The van der Waals surface area contributed by atoms with Crippen LogP contribution in [0.25, 0.3) is 0 Å². The molecule has 0 bridgehead atoms. The molecule has 0 atom stereocenters. The Bertz CT molecular complexity index is 465. The lowest BCUT2D eigenvalue weighted by atomic mass is 9.87. The molecule has 0 aromatic heterocycles. The number of morpholine rings is 1. The van der Waals surface area contributed by atoms with Crippen molar-refractivity contribution in [3.05, 3.63) is 0 Å². The van der Waals surface area contributed by atoms with Crippen molar-refractivity contribution in [2.24, 2.45) is 11.8 Å². The lowest BCUT2D eigenvalue weighted by Gasteiger charge is -2.35. The number of ether oxygens (including phenoxy) is 1. The van der Waals surface area contributed by atoms with Crippen molar-refractivity contribution < 1.29 is 14.3 Å². The van der Waals surface area contributed by atoms with Crippen LogP contribution >= 0.6 is 0 Å². The number of carbonyl (C=O) groups excluding carboxylic acids is 2. The zero-order chi connectivity index (χ0) is 18.9. The van der Waals surface area contributed by atoms with E-state index in [1.165, 1.54) is 19.3 Å². The molecule has 3 fully saturated rings. The summed E-state index contributed by atoms with van der Waals surface area (Å²) in [5, 5.41) is 3.08. The van der Waals surface area contributed by atoms with Gasteiger partial charge in [0.2, 0.25) is 11.8 Å². The van der Waals surface area contributed by atoms with Gasteiger partial charge in [-0.25, -0.2) is 0 Å². The van der Waals surface area contributed by atoms with Crippen molar-refractivity contribution in [2.45, 2.75) is 57.8 Å². The molecule has 6 nitrogen and oxygen atoms in total. The van der Waals surface area contributed by atoms with E-state index in [1.54, 1.807) is 0 Å². The van der Waals surface area contributed by atoms with E-state index in [0.29, 0.717) is 18.2 Å². The number of hydrogen-bond acceptors (Lipinski definition) is 4. The number of carbonyl (C=O) groups is 2. The predicted molar refractivity (Wildman–Crippen MR) is 105 cm³/mol. The predicted octanol–water partition coefficient (Wildman–Crippen LogP) is 2.03. The van der Waals surface area contributed by atoms with Crippen molar-refractivity contribution in [1.29, 1.82) is 0 Å². The zero-order valence-corrected chi connectivity index (χ0v) is 16.8. The highest BCUT2D eigenvalue weighted by atomic mass is 16.5. The Morgan fingerprint density at radius 1 is 0.926 bits per heavy atom. The van der Waals surface area contributed by atoms with Gasteiger partial charge in [0.15, 0.2) is 0 Å². The van der Waals surface area contributed by atoms with E-state index in [2.05, 4.69) is 15.1 Å². The van der Waals surface area contributed by atoms with Crippen LogP contribution < -0.4 is 5.32 Å². The maximum atomic E-state index is 12.6. The molecule has 2 saturated heterocycles. The van der Waals surface area contributed by atoms with E-state index < -0.39 is 0 Å². The Hall–Kier alpha value is -1.14. The topological polar surface area (TPSA) is 61.9 Å². The van der Waals surface area contributed by atoms with E-state index in [-0.39, 0.29) is 11.8 Å². The zero-order valence-electron chi connectivity index (χ0n) is 16.8. The number of nitrogens with one attached hydrogen (secondary N) is 1. The van der Waals surface area contributed by atoms with E-state index in [9.17, 15) is 9.59 Å². The van der Waals surface area contributed by atoms with Crippen LogP contribution in [0.3, 0.4) is 0 Å². The van der Waals surface area contributed by atoms with E-state index in [4.69, 9.17) is 4.74 Å². The first kappa shape index (κ1) is 20.6.